The number of hydrogen-bond acceptors (Lipinski definition) is 6. The number of carbonyl (C=O) groups is 3. The van der Waals surface area contributed by atoms with E-state index >= 15 is 0 Å². The lowest BCUT2D eigenvalue weighted by molar-refractivity contribution is -0.136. The molecule has 3 heterocycles. The van der Waals surface area contributed by atoms with Crippen LogP contribution in [0.15, 0.2) is 30.6 Å². The van der Waals surface area contributed by atoms with Crippen LogP contribution in [0.3, 0.4) is 0 Å². The second-order valence-electron chi connectivity index (χ2n) is 8.48. The number of aromatic nitrogens is 2. The van der Waals surface area contributed by atoms with Crippen molar-refractivity contribution in [2.24, 2.45) is 5.92 Å². The minimum Gasteiger partial charge on any atom is -0.476 e. The van der Waals surface area contributed by atoms with Crippen LogP contribution in [-0.4, -0.2) is 45.2 Å². The van der Waals surface area contributed by atoms with Crippen molar-refractivity contribution in [3.05, 3.63) is 41.7 Å². The fourth-order valence-corrected chi connectivity index (χ4v) is 4.67. The van der Waals surface area contributed by atoms with Crippen LogP contribution in [-0.2, 0) is 16.1 Å². The van der Waals surface area contributed by atoms with Gasteiger partial charge in [-0.05, 0) is 42.9 Å². The molecule has 1 aromatic heterocycles. The number of carbonyl (C=O) groups excluding carboxylic acids is 3. The summed E-state index contributed by atoms with van der Waals surface area (Å²) < 4.78 is 5.87. The number of piperidine rings is 1. The molecule has 2 aromatic rings. The highest BCUT2D eigenvalue weighted by Crippen LogP contribution is 2.31. The lowest BCUT2D eigenvalue weighted by atomic mass is 10.0. The summed E-state index contributed by atoms with van der Waals surface area (Å²) in [5, 5.41) is 2.33. The van der Waals surface area contributed by atoms with Crippen molar-refractivity contribution < 1.29 is 19.1 Å². The summed E-state index contributed by atoms with van der Waals surface area (Å²) in [5.41, 5.74) is 2.94. The Balaban J connectivity index is 1.32. The van der Waals surface area contributed by atoms with Gasteiger partial charge >= 0.3 is 0 Å². The Labute approximate surface area is 180 Å². The summed E-state index contributed by atoms with van der Waals surface area (Å²) in [4.78, 5) is 46.9. The quantitative estimate of drug-likeness (QED) is 0.746. The first kappa shape index (κ1) is 19.7. The second kappa shape index (κ2) is 8.09. The third-order valence-electron chi connectivity index (χ3n) is 6.37. The maximum absolute atomic E-state index is 12.8. The first-order valence-corrected chi connectivity index (χ1v) is 10.8. The van der Waals surface area contributed by atoms with Gasteiger partial charge in [0.05, 0.1) is 24.7 Å². The Hall–Kier alpha value is -3.29. The highest BCUT2D eigenvalue weighted by atomic mass is 16.5. The minimum absolute atomic E-state index is 0.184. The molecule has 3 amide bonds. The lowest BCUT2D eigenvalue weighted by Gasteiger charge is -2.29. The van der Waals surface area contributed by atoms with E-state index in [9.17, 15) is 14.4 Å². The fourth-order valence-electron chi connectivity index (χ4n) is 4.67. The number of imide groups is 1. The first-order valence-electron chi connectivity index (χ1n) is 10.8. The SMILES string of the molecule is O=C1CCC(N2Cc3cc(-c4cncc(OCC5CCCC5)n4)ccc3C2=O)C(=O)N1. The van der Waals surface area contributed by atoms with Crippen LogP contribution in [0.4, 0.5) is 0 Å². The summed E-state index contributed by atoms with van der Waals surface area (Å²) in [5.74, 6) is 0.216. The van der Waals surface area contributed by atoms with Gasteiger partial charge in [-0.1, -0.05) is 18.9 Å². The molecule has 1 unspecified atom stereocenters. The molecule has 160 valence electrons. The molecule has 0 spiro atoms. The average Bonchev–Trinajstić information content (AvgIpc) is 3.40. The van der Waals surface area contributed by atoms with Crippen LogP contribution in [0.5, 0.6) is 5.88 Å². The number of rotatable bonds is 5. The largest absolute Gasteiger partial charge is 0.476 e. The molecule has 31 heavy (non-hydrogen) atoms. The second-order valence-corrected chi connectivity index (χ2v) is 8.48. The Morgan fingerprint density at radius 2 is 1.94 bits per heavy atom. The van der Waals surface area contributed by atoms with E-state index < -0.39 is 11.9 Å². The predicted octanol–water partition coefficient (Wildman–Crippen LogP) is 2.47. The van der Waals surface area contributed by atoms with Crippen molar-refractivity contribution in [3.8, 4) is 17.1 Å². The molecule has 0 bridgehead atoms. The van der Waals surface area contributed by atoms with Crippen molar-refractivity contribution in [2.45, 2.75) is 51.1 Å². The molecule has 8 nitrogen and oxygen atoms in total. The molecule has 1 aromatic carbocycles. The van der Waals surface area contributed by atoms with Crippen molar-refractivity contribution >= 4 is 17.7 Å². The Bertz CT molecular complexity index is 1050. The molecule has 2 aliphatic heterocycles. The van der Waals surface area contributed by atoms with Gasteiger partial charge in [0.25, 0.3) is 5.91 Å². The standard InChI is InChI=1S/C23H24N4O4/c28-20-8-7-19(22(29)26-20)27-12-16-9-15(5-6-17(16)23(27)30)18-10-24-11-21(25-18)31-13-14-3-1-2-4-14/h5-6,9-11,14,19H,1-4,7-8,12-13H2,(H,26,28,29). The number of ether oxygens (including phenoxy) is 1. The Morgan fingerprint density at radius 3 is 2.74 bits per heavy atom. The molecule has 5 rings (SSSR count). The number of benzene rings is 1. The molecular formula is C23H24N4O4. The molecule has 2 fully saturated rings. The average molecular weight is 420 g/mol. The smallest absolute Gasteiger partial charge is 0.255 e. The van der Waals surface area contributed by atoms with Gasteiger partial charge in [0.1, 0.15) is 6.04 Å². The summed E-state index contributed by atoms with van der Waals surface area (Å²) in [7, 11) is 0. The topological polar surface area (TPSA) is 101 Å². The van der Waals surface area contributed by atoms with Crippen LogP contribution in [0, 0.1) is 5.92 Å². The molecule has 1 saturated carbocycles. The van der Waals surface area contributed by atoms with Crippen LogP contribution in [0.1, 0.15) is 54.4 Å². The summed E-state index contributed by atoms with van der Waals surface area (Å²) in [6.07, 6.45) is 8.84. The van der Waals surface area contributed by atoms with Gasteiger partial charge in [-0.3, -0.25) is 24.7 Å². The molecule has 3 aliphatic rings. The van der Waals surface area contributed by atoms with Crippen molar-refractivity contribution in [1.82, 2.24) is 20.2 Å². The van der Waals surface area contributed by atoms with E-state index in [0.717, 1.165) is 11.1 Å². The van der Waals surface area contributed by atoms with E-state index in [0.29, 0.717) is 42.6 Å². The molecule has 1 N–H and O–H groups in total. The minimum atomic E-state index is -0.617. The van der Waals surface area contributed by atoms with E-state index in [-0.39, 0.29) is 18.2 Å². The number of hydrogen-bond donors (Lipinski definition) is 1. The Kier molecular flexibility index (Phi) is 5.13. The van der Waals surface area contributed by atoms with E-state index in [4.69, 9.17) is 4.74 Å². The summed E-state index contributed by atoms with van der Waals surface area (Å²) in [6, 6.07) is 4.92. The zero-order valence-corrected chi connectivity index (χ0v) is 17.2. The van der Waals surface area contributed by atoms with E-state index in [1.165, 1.54) is 25.7 Å². The van der Waals surface area contributed by atoms with E-state index in [1.54, 1.807) is 23.4 Å². The summed E-state index contributed by atoms with van der Waals surface area (Å²) in [6.45, 7) is 0.997. The maximum Gasteiger partial charge on any atom is 0.255 e. The third-order valence-corrected chi connectivity index (χ3v) is 6.37. The van der Waals surface area contributed by atoms with Gasteiger partial charge in [-0.25, -0.2) is 4.98 Å². The molecule has 1 saturated heterocycles. The third kappa shape index (κ3) is 3.89. The first-order chi connectivity index (χ1) is 15.1. The number of nitrogens with zero attached hydrogens (tertiary/aromatic N) is 3. The highest BCUT2D eigenvalue weighted by Gasteiger charge is 2.39. The summed E-state index contributed by atoms with van der Waals surface area (Å²) >= 11 is 0. The number of fused-ring (bicyclic) bond motifs is 1. The van der Waals surface area contributed by atoms with Gasteiger partial charge in [-0.2, -0.15) is 0 Å². The van der Waals surface area contributed by atoms with Crippen LogP contribution >= 0.6 is 0 Å². The fraction of sp³-hybridized carbons (Fsp3) is 0.435. The van der Waals surface area contributed by atoms with E-state index in [2.05, 4.69) is 15.3 Å². The molecular weight excluding hydrogens is 396 g/mol. The van der Waals surface area contributed by atoms with Gasteiger partial charge in [-0.15, -0.1) is 0 Å². The monoisotopic (exact) mass is 420 g/mol. The maximum atomic E-state index is 12.8. The van der Waals surface area contributed by atoms with Gasteiger partial charge in [0.2, 0.25) is 17.7 Å². The van der Waals surface area contributed by atoms with E-state index in [1.807, 2.05) is 12.1 Å². The van der Waals surface area contributed by atoms with Crippen LogP contribution < -0.4 is 10.1 Å². The Morgan fingerprint density at radius 1 is 1.10 bits per heavy atom. The molecule has 1 atom stereocenters. The van der Waals surface area contributed by atoms with Gasteiger partial charge < -0.3 is 9.64 Å². The van der Waals surface area contributed by atoms with Crippen molar-refractivity contribution in [2.75, 3.05) is 6.61 Å². The van der Waals surface area contributed by atoms with Gasteiger partial charge in [0.15, 0.2) is 0 Å². The highest BCUT2D eigenvalue weighted by molar-refractivity contribution is 6.05. The predicted molar refractivity (Wildman–Crippen MR) is 111 cm³/mol. The number of amides is 3. The normalized spacial score (nSPS) is 21.4. The van der Waals surface area contributed by atoms with Crippen LogP contribution in [0.2, 0.25) is 0 Å². The van der Waals surface area contributed by atoms with Crippen LogP contribution in [0.25, 0.3) is 11.3 Å². The lowest BCUT2D eigenvalue weighted by Crippen LogP contribution is -2.52. The zero-order valence-electron chi connectivity index (χ0n) is 17.2. The molecule has 1 aliphatic carbocycles. The number of nitrogens with one attached hydrogen (secondary N) is 1. The van der Waals surface area contributed by atoms with Gasteiger partial charge in [0, 0.05) is 24.1 Å². The molecule has 0 radical (unpaired) electrons. The van der Waals surface area contributed by atoms with Crippen molar-refractivity contribution in [1.29, 1.82) is 0 Å². The zero-order chi connectivity index (χ0) is 21.4. The van der Waals surface area contributed by atoms with Crippen molar-refractivity contribution in [3.63, 3.8) is 0 Å². The molecule has 8 heteroatoms.